The molecular formula is C22H22N2O2S. The number of hydrogen-bond donors (Lipinski definition) is 0. The Labute approximate surface area is 163 Å². The van der Waals surface area contributed by atoms with Crippen LogP contribution in [0.1, 0.15) is 43.6 Å². The molecule has 0 bridgehead atoms. The van der Waals surface area contributed by atoms with Gasteiger partial charge in [-0.2, -0.15) is 0 Å². The zero-order valence-electron chi connectivity index (χ0n) is 15.2. The van der Waals surface area contributed by atoms with Crippen molar-refractivity contribution in [2.75, 3.05) is 13.2 Å². The first-order chi connectivity index (χ1) is 13.4. The summed E-state index contributed by atoms with van der Waals surface area (Å²) in [6, 6.07) is 8.27. The van der Waals surface area contributed by atoms with Crippen LogP contribution < -0.4 is 9.47 Å². The highest BCUT2D eigenvalue weighted by Gasteiger charge is 2.22. The van der Waals surface area contributed by atoms with Gasteiger partial charge in [0.2, 0.25) is 0 Å². The molecule has 2 aliphatic rings. The Morgan fingerprint density at radius 3 is 2.70 bits per heavy atom. The first-order valence-electron chi connectivity index (χ1n) is 9.68. The first-order valence-corrected chi connectivity index (χ1v) is 10.6. The highest BCUT2D eigenvalue weighted by molar-refractivity contribution is 7.13. The third-order valence-electron chi connectivity index (χ3n) is 5.43. The van der Waals surface area contributed by atoms with Crippen LogP contribution in [0.4, 0.5) is 0 Å². The van der Waals surface area contributed by atoms with Gasteiger partial charge in [-0.05, 0) is 48.6 Å². The average molecular weight is 378 g/mol. The van der Waals surface area contributed by atoms with E-state index in [0.29, 0.717) is 19.1 Å². The van der Waals surface area contributed by atoms with Gasteiger partial charge in [-0.15, -0.1) is 11.3 Å². The van der Waals surface area contributed by atoms with Gasteiger partial charge in [0, 0.05) is 35.3 Å². The van der Waals surface area contributed by atoms with E-state index in [2.05, 4.69) is 22.5 Å². The zero-order valence-corrected chi connectivity index (χ0v) is 16.0. The van der Waals surface area contributed by atoms with Gasteiger partial charge in [0.05, 0.1) is 18.9 Å². The van der Waals surface area contributed by atoms with Crippen molar-refractivity contribution < 1.29 is 9.47 Å². The van der Waals surface area contributed by atoms with E-state index in [1.807, 2.05) is 24.5 Å². The summed E-state index contributed by atoms with van der Waals surface area (Å²) >= 11 is 1.69. The minimum atomic E-state index is 0.647. The van der Waals surface area contributed by atoms with Gasteiger partial charge in [-0.3, -0.25) is 4.98 Å². The maximum Gasteiger partial charge on any atom is 0.161 e. The molecule has 0 saturated heterocycles. The highest BCUT2D eigenvalue weighted by atomic mass is 32.1. The molecule has 0 amide bonds. The van der Waals surface area contributed by atoms with E-state index in [1.54, 1.807) is 11.3 Å². The zero-order chi connectivity index (χ0) is 18.1. The topological polar surface area (TPSA) is 44.2 Å². The summed E-state index contributed by atoms with van der Waals surface area (Å²) < 4.78 is 11.6. The van der Waals surface area contributed by atoms with Crippen molar-refractivity contribution in [3.8, 4) is 33.3 Å². The number of benzene rings is 1. The number of hydrogen-bond acceptors (Lipinski definition) is 5. The fourth-order valence-corrected chi connectivity index (χ4v) is 4.89. The van der Waals surface area contributed by atoms with Gasteiger partial charge >= 0.3 is 0 Å². The fourth-order valence-electron chi connectivity index (χ4n) is 4.03. The van der Waals surface area contributed by atoms with E-state index in [4.69, 9.17) is 14.5 Å². The maximum absolute atomic E-state index is 5.83. The van der Waals surface area contributed by atoms with Crippen molar-refractivity contribution in [1.29, 1.82) is 0 Å². The predicted octanol–water partition coefficient (Wildman–Crippen LogP) is 5.69. The summed E-state index contributed by atoms with van der Waals surface area (Å²) in [5.74, 6) is 2.28. The summed E-state index contributed by atoms with van der Waals surface area (Å²) in [5, 5.41) is 3.17. The molecule has 0 radical (unpaired) electrons. The van der Waals surface area contributed by atoms with Crippen LogP contribution in [0.3, 0.4) is 0 Å². The van der Waals surface area contributed by atoms with Crippen molar-refractivity contribution in [1.82, 2.24) is 9.97 Å². The molecule has 3 aromatic rings. The molecule has 4 nitrogen and oxygen atoms in total. The van der Waals surface area contributed by atoms with Gasteiger partial charge < -0.3 is 9.47 Å². The number of pyridine rings is 1. The van der Waals surface area contributed by atoms with Crippen molar-refractivity contribution in [3.05, 3.63) is 47.6 Å². The molecule has 0 N–H and O–H groups in total. The van der Waals surface area contributed by atoms with Crippen LogP contribution in [-0.2, 0) is 0 Å². The molecule has 0 atom stereocenters. The molecule has 0 spiro atoms. The lowest BCUT2D eigenvalue weighted by molar-refractivity contribution is 0.297. The number of fused-ring (bicyclic) bond motifs is 1. The Morgan fingerprint density at radius 1 is 0.963 bits per heavy atom. The molecule has 5 heteroatoms. The van der Waals surface area contributed by atoms with Crippen LogP contribution in [0, 0.1) is 0 Å². The van der Waals surface area contributed by atoms with Crippen LogP contribution in [0.15, 0.2) is 42.0 Å². The van der Waals surface area contributed by atoms with Crippen molar-refractivity contribution >= 4 is 11.3 Å². The Bertz CT molecular complexity index is 947. The SMILES string of the molecule is c1cc(C2CCCC2)c(-c2nc(-c3ccc4c(c3)OCCCO4)cs2)cn1. The summed E-state index contributed by atoms with van der Waals surface area (Å²) in [6.45, 7) is 1.40. The van der Waals surface area contributed by atoms with E-state index in [9.17, 15) is 0 Å². The third-order valence-corrected chi connectivity index (χ3v) is 6.30. The number of nitrogens with zero attached hydrogens (tertiary/aromatic N) is 2. The number of aromatic nitrogens is 2. The largest absolute Gasteiger partial charge is 0.490 e. The van der Waals surface area contributed by atoms with Crippen molar-refractivity contribution in [3.63, 3.8) is 0 Å². The fraction of sp³-hybridized carbons (Fsp3) is 0.364. The first kappa shape index (κ1) is 16.8. The highest BCUT2D eigenvalue weighted by Crippen LogP contribution is 2.41. The van der Waals surface area contributed by atoms with E-state index < -0.39 is 0 Å². The van der Waals surface area contributed by atoms with E-state index in [0.717, 1.165) is 34.2 Å². The standard InChI is InChI=1S/C22H22N2O2S/c1-2-5-15(4-1)17-8-9-23-13-18(17)22-24-19(14-27-22)16-6-7-20-21(12-16)26-11-3-10-25-20/h6-9,12-15H,1-5,10-11H2. The number of ether oxygens (including phenoxy) is 2. The van der Waals surface area contributed by atoms with E-state index >= 15 is 0 Å². The van der Waals surface area contributed by atoms with Crippen LogP contribution >= 0.6 is 11.3 Å². The van der Waals surface area contributed by atoms with Gasteiger partial charge in [0.1, 0.15) is 5.01 Å². The minimum Gasteiger partial charge on any atom is -0.490 e. The second-order valence-corrected chi connectivity index (χ2v) is 8.05. The molecule has 27 heavy (non-hydrogen) atoms. The van der Waals surface area contributed by atoms with Crippen LogP contribution in [0.5, 0.6) is 11.5 Å². The Kier molecular flexibility index (Phi) is 4.54. The quantitative estimate of drug-likeness (QED) is 0.587. The average Bonchev–Trinajstić information content (AvgIpc) is 3.36. The molecule has 1 aliphatic carbocycles. The second kappa shape index (κ2) is 7.31. The minimum absolute atomic E-state index is 0.647. The third kappa shape index (κ3) is 3.32. The molecule has 0 unspecified atom stereocenters. The van der Waals surface area contributed by atoms with E-state index in [-0.39, 0.29) is 0 Å². The number of rotatable bonds is 3. The summed E-state index contributed by atoms with van der Waals surface area (Å²) in [4.78, 5) is 9.31. The smallest absolute Gasteiger partial charge is 0.161 e. The monoisotopic (exact) mass is 378 g/mol. The molecular weight excluding hydrogens is 356 g/mol. The summed E-state index contributed by atoms with van der Waals surface area (Å²) in [6.07, 6.45) is 10.0. The predicted molar refractivity (Wildman–Crippen MR) is 108 cm³/mol. The Hall–Kier alpha value is -2.40. The van der Waals surface area contributed by atoms with Crippen molar-refractivity contribution in [2.24, 2.45) is 0 Å². The van der Waals surface area contributed by atoms with Gasteiger partial charge in [-0.25, -0.2) is 4.98 Å². The lowest BCUT2D eigenvalue weighted by atomic mass is 9.94. The molecule has 5 rings (SSSR count). The molecule has 3 heterocycles. The number of thiazole rings is 1. The second-order valence-electron chi connectivity index (χ2n) is 7.19. The molecule has 1 saturated carbocycles. The van der Waals surface area contributed by atoms with Gasteiger partial charge in [0.15, 0.2) is 11.5 Å². The van der Waals surface area contributed by atoms with Crippen molar-refractivity contribution in [2.45, 2.75) is 38.0 Å². The lowest BCUT2D eigenvalue weighted by Gasteiger charge is -2.13. The molecule has 1 aromatic carbocycles. The Balaban J connectivity index is 1.48. The summed E-state index contributed by atoms with van der Waals surface area (Å²) in [7, 11) is 0. The summed E-state index contributed by atoms with van der Waals surface area (Å²) in [5.41, 5.74) is 4.64. The lowest BCUT2D eigenvalue weighted by Crippen LogP contribution is -1.97. The normalized spacial score (nSPS) is 17.0. The van der Waals surface area contributed by atoms with Crippen LogP contribution in [0.2, 0.25) is 0 Å². The van der Waals surface area contributed by atoms with Gasteiger partial charge in [-0.1, -0.05) is 12.8 Å². The van der Waals surface area contributed by atoms with E-state index in [1.165, 1.54) is 36.8 Å². The molecule has 1 fully saturated rings. The molecule has 138 valence electrons. The molecule has 1 aliphatic heterocycles. The van der Waals surface area contributed by atoms with Crippen LogP contribution in [0.25, 0.3) is 21.8 Å². The van der Waals surface area contributed by atoms with Crippen LogP contribution in [-0.4, -0.2) is 23.2 Å². The Morgan fingerprint density at radius 2 is 1.81 bits per heavy atom. The van der Waals surface area contributed by atoms with Gasteiger partial charge in [0.25, 0.3) is 0 Å². The maximum atomic E-state index is 5.83. The molecule has 2 aromatic heterocycles.